The molecule has 6 rings (SSSR count). The van der Waals surface area contributed by atoms with Gasteiger partial charge >= 0.3 is 0 Å². The van der Waals surface area contributed by atoms with Gasteiger partial charge in [0.15, 0.2) is 5.65 Å². The van der Waals surface area contributed by atoms with Crippen molar-refractivity contribution < 1.29 is 14.3 Å². The van der Waals surface area contributed by atoms with Gasteiger partial charge in [-0.3, -0.25) is 4.79 Å². The lowest BCUT2D eigenvalue weighted by molar-refractivity contribution is 0.0746. The predicted molar refractivity (Wildman–Crippen MR) is 162 cm³/mol. The lowest BCUT2D eigenvalue weighted by atomic mass is 10.1. The van der Waals surface area contributed by atoms with E-state index >= 15 is 0 Å². The summed E-state index contributed by atoms with van der Waals surface area (Å²) in [7, 11) is 4.15. The fourth-order valence-corrected chi connectivity index (χ4v) is 5.59. The van der Waals surface area contributed by atoms with Gasteiger partial charge in [0.25, 0.3) is 5.91 Å². The van der Waals surface area contributed by atoms with Crippen LogP contribution in [0.2, 0.25) is 0 Å². The Balaban J connectivity index is 1.08. The minimum absolute atomic E-state index is 0.0446. The molecule has 1 saturated heterocycles. The summed E-state index contributed by atoms with van der Waals surface area (Å²) in [4.78, 5) is 28.8. The fraction of sp³-hybridized carbons (Fsp3) is 0.438. The van der Waals surface area contributed by atoms with Crippen molar-refractivity contribution in [1.82, 2.24) is 29.5 Å². The number of hydrogen-bond acceptors (Lipinski definition) is 8. The summed E-state index contributed by atoms with van der Waals surface area (Å²) in [5, 5.41) is 5.54. The number of amides is 1. The Morgan fingerprint density at radius 3 is 2.52 bits per heavy atom. The molecule has 0 bridgehead atoms. The summed E-state index contributed by atoms with van der Waals surface area (Å²) in [5.41, 5.74) is 2.57. The molecule has 0 spiro atoms. The fourth-order valence-electron chi connectivity index (χ4n) is 5.59. The molecule has 0 N–H and O–H groups in total. The average Bonchev–Trinajstić information content (AvgIpc) is 3.78. The first-order valence-electron chi connectivity index (χ1n) is 14.8. The quantitative estimate of drug-likeness (QED) is 0.268. The molecule has 10 heteroatoms. The summed E-state index contributed by atoms with van der Waals surface area (Å²) < 4.78 is 13.8. The summed E-state index contributed by atoms with van der Waals surface area (Å²) in [6.45, 7) is 6.71. The number of rotatable bonds is 11. The van der Waals surface area contributed by atoms with Crippen molar-refractivity contribution in [3.8, 4) is 11.5 Å². The molecule has 2 aliphatic rings. The van der Waals surface area contributed by atoms with Gasteiger partial charge in [0, 0.05) is 38.3 Å². The Hall–Kier alpha value is -4.18. The molecular formula is C32H39N7O3. The van der Waals surface area contributed by atoms with E-state index < -0.39 is 0 Å². The van der Waals surface area contributed by atoms with Crippen molar-refractivity contribution in [3.05, 3.63) is 72.2 Å². The Morgan fingerprint density at radius 1 is 1.02 bits per heavy atom. The largest absolute Gasteiger partial charge is 0.494 e. The third-order valence-electron chi connectivity index (χ3n) is 7.90. The number of anilines is 1. The number of carbonyl (C=O) groups excluding carboxylic acids is 1. The maximum Gasteiger partial charge on any atom is 0.253 e. The monoisotopic (exact) mass is 569 g/mol. The molecule has 42 heavy (non-hydrogen) atoms. The second-order valence-electron chi connectivity index (χ2n) is 11.4. The Bertz CT molecular complexity index is 1510. The molecule has 1 aliphatic heterocycles. The molecule has 1 aliphatic carbocycles. The summed E-state index contributed by atoms with van der Waals surface area (Å²) in [6.07, 6.45) is 6.09. The van der Waals surface area contributed by atoms with Gasteiger partial charge in [-0.25, -0.2) is 14.6 Å². The first-order valence-corrected chi connectivity index (χ1v) is 14.8. The van der Waals surface area contributed by atoms with Crippen LogP contribution < -0.4 is 14.4 Å². The molecule has 1 amide bonds. The maximum atomic E-state index is 13.3. The van der Waals surface area contributed by atoms with E-state index in [1.54, 1.807) is 6.33 Å². The standard InChI is InChI=1S/C32H39N7O3/c1-4-41-27-7-5-6-23(18-27)20-39-31-28(19-35-39)30(33-22-34-31)37-14-16-38(17-15-37)32(40)25-10-12-26(13-11-25)42-29(21-36(2)3)24-8-9-24/h5-7,10-13,18-19,22,24,29H,4,8-9,14-17,20-21H2,1-3H3. The van der Waals surface area contributed by atoms with Crippen LogP contribution in [0, 0.1) is 5.92 Å². The third kappa shape index (κ3) is 6.33. The number of carbonyl (C=O) groups is 1. The van der Waals surface area contributed by atoms with Crippen LogP contribution in [-0.4, -0.2) is 95.0 Å². The molecule has 220 valence electrons. The summed E-state index contributed by atoms with van der Waals surface area (Å²) in [5.74, 6) is 3.20. The van der Waals surface area contributed by atoms with Gasteiger partial charge in [-0.2, -0.15) is 5.10 Å². The molecule has 3 heterocycles. The number of likely N-dealkylation sites (N-methyl/N-ethyl adjacent to an activating group) is 1. The highest BCUT2D eigenvalue weighted by molar-refractivity contribution is 5.94. The van der Waals surface area contributed by atoms with E-state index in [-0.39, 0.29) is 12.0 Å². The lowest BCUT2D eigenvalue weighted by Gasteiger charge is -2.35. The third-order valence-corrected chi connectivity index (χ3v) is 7.90. The molecular weight excluding hydrogens is 530 g/mol. The van der Waals surface area contributed by atoms with Gasteiger partial charge in [0.2, 0.25) is 0 Å². The van der Waals surface area contributed by atoms with Crippen molar-refractivity contribution in [2.75, 3.05) is 58.3 Å². The SMILES string of the molecule is CCOc1cccc(Cn2ncc3c(N4CCN(C(=O)c5ccc(OC(CN(C)C)C6CC6)cc5)CC4)ncnc32)c1. The highest BCUT2D eigenvalue weighted by Crippen LogP contribution is 2.35. The van der Waals surface area contributed by atoms with Crippen molar-refractivity contribution >= 4 is 22.8 Å². The predicted octanol–water partition coefficient (Wildman–Crippen LogP) is 3.95. The zero-order chi connectivity index (χ0) is 29.1. The van der Waals surface area contributed by atoms with E-state index in [0.29, 0.717) is 50.8 Å². The lowest BCUT2D eigenvalue weighted by Crippen LogP contribution is -2.49. The van der Waals surface area contributed by atoms with Crippen LogP contribution in [0.25, 0.3) is 11.0 Å². The number of hydrogen-bond donors (Lipinski definition) is 0. The number of nitrogens with zero attached hydrogens (tertiary/aromatic N) is 7. The first-order chi connectivity index (χ1) is 20.5. The number of ether oxygens (including phenoxy) is 2. The van der Waals surface area contributed by atoms with Crippen LogP contribution >= 0.6 is 0 Å². The van der Waals surface area contributed by atoms with Crippen LogP contribution in [-0.2, 0) is 6.54 Å². The molecule has 1 unspecified atom stereocenters. The Kier molecular flexibility index (Phi) is 8.23. The molecule has 4 aromatic rings. The summed E-state index contributed by atoms with van der Waals surface area (Å²) in [6, 6.07) is 15.7. The average molecular weight is 570 g/mol. The van der Waals surface area contributed by atoms with Crippen molar-refractivity contribution in [2.45, 2.75) is 32.4 Å². The minimum atomic E-state index is 0.0446. The Morgan fingerprint density at radius 2 is 1.81 bits per heavy atom. The van der Waals surface area contributed by atoms with Gasteiger partial charge in [0.05, 0.1) is 24.7 Å². The molecule has 2 fully saturated rings. The van der Waals surface area contributed by atoms with E-state index in [4.69, 9.17) is 9.47 Å². The smallest absolute Gasteiger partial charge is 0.253 e. The van der Waals surface area contributed by atoms with Crippen molar-refractivity contribution in [3.63, 3.8) is 0 Å². The highest BCUT2D eigenvalue weighted by Gasteiger charge is 2.33. The van der Waals surface area contributed by atoms with Gasteiger partial charge in [-0.15, -0.1) is 0 Å². The van der Waals surface area contributed by atoms with Crippen molar-refractivity contribution in [2.24, 2.45) is 5.92 Å². The topological polar surface area (TPSA) is 88.9 Å². The van der Waals surface area contributed by atoms with Crippen LogP contribution in [0.3, 0.4) is 0 Å². The zero-order valence-corrected chi connectivity index (χ0v) is 24.6. The maximum absolute atomic E-state index is 13.3. The molecule has 2 aromatic carbocycles. The normalized spacial score (nSPS) is 16.2. The van der Waals surface area contributed by atoms with Gasteiger partial charge in [-0.05, 0) is 81.7 Å². The van der Waals surface area contributed by atoms with Crippen LogP contribution in [0.1, 0.15) is 35.7 Å². The zero-order valence-electron chi connectivity index (χ0n) is 24.6. The minimum Gasteiger partial charge on any atom is -0.494 e. The van der Waals surface area contributed by atoms with Crippen LogP contribution in [0.15, 0.2) is 61.1 Å². The second-order valence-corrected chi connectivity index (χ2v) is 11.4. The van der Waals surface area contributed by atoms with Crippen LogP contribution in [0.5, 0.6) is 11.5 Å². The number of aromatic nitrogens is 4. The Labute approximate surface area is 246 Å². The van der Waals surface area contributed by atoms with Crippen LogP contribution in [0.4, 0.5) is 5.82 Å². The van der Waals surface area contributed by atoms with E-state index in [9.17, 15) is 4.79 Å². The summed E-state index contributed by atoms with van der Waals surface area (Å²) >= 11 is 0. The molecule has 0 radical (unpaired) electrons. The molecule has 10 nitrogen and oxygen atoms in total. The highest BCUT2D eigenvalue weighted by atomic mass is 16.5. The second kappa shape index (κ2) is 12.4. The molecule has 1 atom stereocenters. The van der Waals surface area contributed by atoms with Gasteiger partial charge in [-0.1, -0.05) is 12.1 Å². The molecule has 1 saturated carbocycles. The van der Waals surface area contributed by atoms with Gasteiger partial charge < -0.3 is 24.2 Å². The number of piperazine rings is 1. The first kappa shape index (κ1) is 28.0. The van der Waals surface area contributed by atoms with Crippen molar-refractivity contribution in [1.29, 1.82) is 0 Å². The van der Waals surface area contributed by atoms with E-state index in [0.717, 1.165) is 40.5 Å². The van der Waals surface area contributed by atoms with E-state index in [1.807, 2.05) is 65.2 Å². The van der Waals surface area contributed by atoms with Gasteiger partial charge in [0.1, 0.15) is 29.7 Å². The number of benzene rings is 2. The number of fused-ring (bicyclic) bond motifs is 1. The van der Waals surface area contributed by atoms with E-state index in [2.05, 4.69) is 45.0 Å². The molecule has 2 aromatic heterocycles. The van der Waals surface area contributed by atoms with E-state index in [1.165, 1.54) is 12.8 Å².